The third-order valence-corrected chi connectivity index (χ3v) is 3.65. The van der Waals surface area contributed by atoms with Gasteiger partial charge >= 0.3 is 5.97 Å². The number of rotatable bonds is 4. The minimum atomic E-state index is -0.594. The summed E-state index contributed by atoms with van der Waals surface area (Å²) in [6.07, 6.45) is 0.810. The molecule has 0 aromatic carbocycles. The lowest BCUT2D eigenvalue weighted by molar-refractivity contribution is -0.146. The molecule has 5 nitrogen and oxygen atoms in total. The fourth-order valence-corrected chi connectivity index (χ4v) is 2.24. The lowest BCUT2D eigenvalue weighted by Gasteiger charge is -2.32. The molecule has 1 amide bonds. The summed E-state index contributed by atoms with van der Waals surface area (Å²) in [4.78, 5) is 23.6. The molecule has 1 fully saturated rings. The summed E-state index contributed by atoms with van der Waals surface area (Å²) >= 11 is 0. The van der Waals surface area contributed by atoms with Crippen LogP contribution in [0.3, 0.4) is 0 Å². The van der Waals surface area contributed by atoms with Crippen molar-refractivity contribution in [1.29, 1.82) is 0 Å². The molecule has 0 saturated carbocycles. The molecule has 1 saturated heterocycles. The van der Waals surface area contributed by atoms with Crippen LogP contribution in [0, 0.1) is 11.3 Å². The van der Waals surface area contributed by atoms with Gasteiger partial charge in [-0.05, 0) is 25.8 Å². The number of carbonyl (C=O) groups excluding carboxylic acids is 2. The Kier molecular flexibility index (Phi) is 4.51. The van der Waals surface area contributed by atoms with Gasteiger partial charge in [0.05, 0.1) is 12.5 Å². The van der Waals surface area contributed by atoms with Gasteiger partial charge in [0.15, 0.2) is 0 Å². The maximum absolute atomic E-state index is 12.3. The normalized spacial score (nSPS) is 25.7. The SMILES string of the molecule is COC(=O)[C@H](C)NC(=O)C1(C(C)C)CCNC1. The molecule has 98 valence electrons. The third-order valence-electron chi connectivity index (χ3n) is 3.65. The number of ether oxygens (including phenoxy) is 1. The van der Waals surface area contributed by atoms with Crippen molar-refractivity contribution >= 4 is 11.9 Å². The fraction of sp³-hybridized carbons (Fsp3) is 0.833. The number of nitrogens with one attached hydrogen (secondary N) is 2. The van der Waals surface area contributed by atoms with Crippen LogP contribution in [0.2, 0.25) is 0 Å². The zero-order valence-corrected chi connectivity index (χ0v) is 11.0. The standard InChI is InChI=1S/C12H22N2O3/c1-8(2)12(5-6-13-7-12)11(16)14-9(3)10(15)17-4/h8-9,13H,5-7H2,1-4H3,(H,14,16)/t9-,12?/m0/s1. The van der Waals surface area contributed by atoms with E-state index < -0.39 is 17.4 Å². The zero-order chi connectivity index (χ0) is 13.1. The van der Waals surface area contributed by atoms with Gasteiger partial charge in [0.2, 0.25) is 5.91 Å². The highest BCUT2D eigenvalue weighted by Crippen LogP contribution is 2.34. The molecular formula is C12H22N2O3. The van der Waals surface area contributed by atoms with Crippen LogP contribution in [0.15, 0.2) is 0 Å². The summed E-state index contributed by atoms with van der Waals surface area (Å²) in [6.45, 7) is 7.23. The molecule has 0 bridgehead atoms. The van der Waals surface area contributed by atoms with Gasteiger partial charge in [-0.15, -0.1) is 0 Å². The summed E-state index contributed by atoms with van der Waals surface area (Å²) in [5, 5.41) is 5.96. The summed E-state index contributed by atoms with van der Waals surface area (Å²) in [5.41, 5.74) is -0.401. The third kappa shape index (κ3) is 2.77. The molecule has 1 aliphatic heterocycles. The van der Waals surface area contributed by atoms with Crippen molar-refractivity contribution in [2.45, 2.75) is 33.2 Å². The van der Waals surface area contributed by atoms with Crippen molar-refractivity contribution < 1.29 is 14.3 Å². The highest BCUT2D eigenvalue weighted by Gasteiger charge is 2.44. The second-order valence-electron chi connectivity index (χ2n) is 4.96. The van der Waals surface area contributed by atoms with Crippen molar-refractivity contribution in [3.05, 3.63) is 0 Å². The topological polar surface area (TPSA) is 67.4 Å². The Bertz CT molecular complexity index is 296. The van der Waals surface area contributed by atoms with Crippen LogP contribution >= 0.6 is 0 Å². The molecule has 1 rings (SSSR count). The van der Waals surface area contributed by atoms with E-state index in [1.807, 2.05) is 13.8 Å². The molecular weight excluding hydrogens is 220 g/mol. The summed E-state index contributed by atoms with van der Waals surface area (Å²) in [7, 11) is 1.32. The molecule has 0 radical (unpaired) electrons. The van der Waals surface area contributed by atoms with E-state index >= 15 is 0 Å². The minimum Gasteiger partial charge on any atom is -0.467 e. The van der Waals surface area contributed by atoms with Gasteiger partial charge in [0.25, 0.3) is 0 Å². The average molecular weight is 242 g/mol. The van der Waals surface area contributed by atoms with Gasteiger partial charge < -0.3 is 15.4 Å². The first kappa shape index (κ1) is 14.0. The molecule has 0 aliphatic carbocycles. The Morgan fingerprint density at radius 3 is 2.41 bits per heavy atom. The molecule has 0 spiro atoms. The minimum absolute atomic E-state index is 0.0598. The van der Waals surface area contributed by atoms with Gasteiger partial charge in [-0.2, -0.15) is 0 Å². The van der Waals surface area contributed by atoms with Crippen LogP contribution in [-0.2, 0) is 14.3 Å². The number of esters is 1. The number of carbonyl (C=O) groups is 2. The summed E-state index contributed by atoms with van der Waals surface area (Å²) in [5.74, 6) is -0.235. The van der Waals surface area contributed by atoms with Gasteiger partial charge in [-0.3, -0.25) is 4.79 Å². The lowest BCUT2D eigenvalue weighted by atomic mass is 9.75. The molecule has 1 heterocycles. The van der Waals surface area contributed by atoms with Crippen molar-refractivity contribution in [2.24, 2.45) is 11.3 Å². The van der Waals surface area contributed by atoms with E-state index in [1.54, 1.807) is 6.92 Å². The van der Waals surface area contributed by atoms with Crippen LogP contribution in [0.1, 0.15) is 27.2 Å². The van der Waals surface area contributed by atoms with E-state index in [-0.39, 0.29) is 11.8 Å². The molecule has 2 N–H and O–H groups in total. The van der Waals surface area contributed by atoms with Crippen LogP contribution in [0.25, 0.3) is 0 Å². The molecule has 1 aliphatic rings. The van der Waals surface area contributed by atoms with Gasteiger partial charge in [0.1, 0.15) is 6.04 Å². The molecule has 1 unspecified atom stereocenters. The maximum atomic E-state index is 12.3. The number of methoxy groups -OCH3 is 1. The van der Waals surface area contributed by atoms with E-state index in [4.69, 9.17) is 0 Å². The first-order valence-corrected chi connectivity index (χ1v) is 6.03. The summed E-state index contributed by atoms with van der Waals surface area (Å²) < 4.78 is 4.60. The number of hydrogen-bond donors (Lipinski definition) is 2. The van der Waals surface area contributed by atoms with Crippen molar-refractivity contribution in [1.82, 2.24) is 10.6 Å². The predicted molar refractivity (Wildman–Crippen MR) is 64.4 cm³/mol. The monoisotopic (exact) mass is 242 g/mol. The van der Waals surface area contributed by atoms with E-state index in [0.29, 0.717) is 6.54 Å². The highest BCUT2D eigenvalue weighted by molar-refractivity contribution is 5.88. The van der Waals surface area contributed by atoms with E-state index in [0.717, 1.165) is 13.0 Å². The van der Waals surface area contributed by atoms with Gasteiger partial charge in [-0.1, -0.05) is 13.8 Å². The first-order valence-electron chi connectivity index (χ1n) is 6.03. The quantitative estimate of drug-likeness (QED) is 0.696. The Morgan fingerprint density at radius 2 is 2.00 bits per heavy atom. The van der Waals surface area contributed by atoms with Crippen LogP contribution in [0.4, 0.5) is 0 Å². The molecule has 0 aromatic heterocycles. The van der Waals surface area contributed by atoms with Gasteiger partial charge in [-0.25, -0.2) is 4.79 Å². The van der Waals surface area contributed by atoms with E-state index in [1.165, 1.54) is 7.11 Å². The molecule has 0 aromatic rings. The van der Waals surface area contributed by atoms with Crippen molar-refractivity contribution in [2.75, 3.05) is 20.2 Å². The fourth-order valence-electron chi connectivity index (χ4n) is 2.24. The molecule has 5 heteroatoms. The Hall–Kier alpha value is -1.10. The largest absolute Gasteiger partial charge is 0.467 e. The Labute approximate surface area is 102 Å². The second-order valence-corrected chi connectivity index (χ2v) is 4.96. The zero-order valence-electron chi connectivity index (χ0n) is 11.0. The van der Waals surface area contributed by atoms with Crippen molar-refractivity contribution in [3.8, 4) is 0 Å². The predicted octanol–water partition coefficient (Wildman–Crippen LogP) is 0.300. The van der Waals surface area contributed by atoms with Crippen LogP contribution in [0.5, 0.6) is 0 Å². The summed E-state index contributed by atoms with van der Waals surface area (Å²) in [6, 6.07) is -0.594. The van der Waals surface area contributed by atoms with Crippen LogP contribution < -0.4 is 10.6 Å². The number of amides is 1. The smallest absolute Gasteiger partial charge is 0.328 e. The van der Waals surface area contributed by atoms with Crippen molar-refractivity contribution in [3.63, 3.8) is 0 Å². The van der Waals surface area contributed by atoms with Crippen LogP contribution in [-0.4, -0.2) is 38.1 Å². The highest BCUT2D eigenvalue weighted by atomic mass is 16.5. The molecule has 17 heavy (non-hydrogen) atoms. The Balaban J connectivity index is 2.70. The molecule has 2 atom stereocenters. The lowest BCUT2D eigenvalue weighted by Crippen LogP contribution is -2.50. The van der Waals surface area contributed by atoms with E-state index in [2.05, 4.69) is 15.4 Å². The number of hydrogen-bond acceptors (Lipinski definition) is 4. The van der Waals surface area contributed by atoms with Gasteiger partial charge in [0, 0.05) is 6.54 Å². The van der Waals surface area contributed by atoms with E-state index in [9.17, 15) is 9.59 Å². The Morgan fingerprint density at radius 1 is 1.35 bits per heavy atom. The average Bonchev–Trinajstić information content (AvgIpc) is 2.77. The second kappa shape index (κ2) is 5.49. The maximum Gasteiger partial charge on any atom is 0.328 e. The first-order chi connectivity index (χ1) is 7.94.